The van der Waals surface area contributed by atoms with Crippen molar-refractivity contribution in [3.8, 4) is 0 Å². The lowest BCUT2D eigenvalue weighted by atomic mass is 9.96. The molecule has 0 bridgehead atoms. The number of benzene rings is 1. The van der Waals surface area contributed by atoms with E-state index in [4.69, 9.17) is 0 Å². The van der Waals surface area contributed by atoms with Gasteiger partial charge in [-0.25, -0.2) is 0 Å². The Kier molecular flexibility index (Phi) is 4.86. The Labute approximate surface area is 167 Å². The van der Waals surface area contributed by atoms with E-state index in [0.29, 0.717) is 6.54 Å². The van der Waals surface area contributed by atoms with E-state index in [-0.39, 0.29) is 0 Å². The fourth-order valence-corrected chi connectivity index (χ4v) is 4.56. The molecule has 1 N–H and O–H groups in total. The zero-order valence-electron chi connectivity index (χ0n) is 17.1. The maximum Gasteiger partial charge on any atom is 0.105 e. The monoisotopic (exact) mass is 375 g/mol. The number of aliphatic hydroxyl groups is 1. The summed E-state index contributed by atoms with van der Waals surface area (Å²) in [6.07, 6.45) is 7.29. The number of pyridine rings is 1. The van der Waals surface area contributed by atoms with E-state index in [1.54, 1.807) is 12.4 Å². The minimum atomic E-state index is -0.970. The number of hydrogen-bond donors (Lipinski definition) is 1. The van der Waals surface area contributed by atoms with E-state index >= 15 is 0 Å². The zero-order chi connectivity index (χ0) is 19.9. The Morgan fingerprint density at radius 2 is 2.04 bits per heavy atom. The number of fused-ring (bicyclic) bond motifs is 3. The molecule has 4 rings (SSSR count). The Bertz CT molecular complexity index is 1020. The van der Waals surface area contributed by atoms with Crippen molar-refractivity contribution in [1.29, 1.82) is 0 Å². The predicted molar refractivity (Wildman–Crippen MR) is 114 cm³/mol. The summed E-state index contributed by atoms with van der Waals surface area (Å²) >= 11 is 0. The molecular weight excluding hydrogens is 346 g/mol. The van der Waals surface area contributed by atoms with Gasteiger partial charge in [-0.05, 0) is 62.2 Å². The maximum absolute atomic E-state index is 11.4. The molecule has 4 nitrogen and oxygen atoms in total. The van der Waals surface area contributed by atoms with Crippen molar-refractivity contribution in [3.63, 3.8) is 0 Å². The van der Waals surface area contributed by atoms with Crippen LogP contribution in [-0.2, 0) is 31.5 Å². The van der Waals surface area contributed by atoms with E-state index in [2.05, 4.69) is 47.1 Å². The van der Waals surface area contributed by atoms with Crippen molar-refractivity contribution >= 4 is 10.9 Å². The number of likely N-dealkylation sites (N-methyl/N-ethyl adjacent to an activating group) is 1. The van der Waals surface area contributed by atoms with Gasteiger partial charge in [-0.3, -0.25) is 4.98 Å². The molecule has 146 valence electrons. The molecule has 3 heterocycles. The molecule has 0 aliphatic carbocycles. The summed E-state index contributed by atoms with van der Waals surface area (Å²) in [6, 6.07) is 8.37. The van der Waals surface area contributed by atoms with Crippen LogP contribution in [0, 0.1) is 6.92 Å². The number of aromatic nitrogens is 2. The van der Waals surface area contributed by atoms with Crippen LogP contribution in [0.1, 0.15) is 34.9 Å². The molecule has 0 fully saturated rings. The van der Waals surface area contributed by atoms with Gasteiger partial charge in [0, 0.05) is 43.0 Å². The minimum Gasteiger partial charge on any atom is -0.384 e. The third-order valence-electron chi connectivity index (χ3n) is 5.89. The van der Waals surface area contributed by atoms with Crippen LogP contribution in [-0.4, -0.2) is 33.1 Å². The molecule has 0 spiro atoms. The highest BCUT2D eigenvalue weighted by Crippen LogP contribution is 2.36. The maximum atomic E-state index is 11.4. The van der Waals surface area contributed by atoms with Gasteiger partial charge in [-0.1, -0.05) is 17.7 Å². The first-order chi connectivity index (χ1) is 13.4. The quantitative estimate of drug-likeness (QED) is 0.686. The highest BCUT2D eigenvalue weighted by molar-refractivity contribution is 5.89. The second-order valence-electron chi connectivity index (χ2n) is 8.32. The summed E-state index contributed by atoms with van der Waals surface area (Å²) in [5, 5.41) is 12.7. The van der Waals surface area contributed by atoms with Gasteiger partial charge >= 0.3 is 0 Å². The van der Waals surface area contributed by atoms with Crippen LogP contribution in [0.4, 0.5) is 0 Å². The second kappa shape index (κ2) is 7.19. The van der Waals surface area contributed by atoms with E-state index in [9.17, 15) is 5.11 Å². The SMILES string of the molecule is C=CCc1cc(C)cc2c3c(n(CC(C)(O)c4ccncc4)c12)CCN(C)C3. The number of aryl methyl sites for hydroxylation is 1. The molecule has 4 heteroatoms. The molecule has 3 aromatic rings. The molecule has 2 aromatic heterocycles. The lowest BCUT2D eigenvalue weighted by Crippen LogP contribution is -2.31. The van der Waals surface area contributed by atoms with Crippen molar-refractivity contribution in [1.82, 2.24) is 14.5 Å². The van der Waals surface area contributed by atoms with Gasteiger partial charge in [-0.2, -0.15) is 0 Å². The highest BCUT2D eigenvalue weighted by Gasteiger charge is 2.30. The molecule has 1 unspecified atom stereocenters. The second-order valence-corrected chi connectivity index (χ2v) is 8.32. The van der Waals surface area contributed by atoms with Gasteiger partial charge in [0.1, 0.15) is 5.60 Å². The summed E-state index contributed by atoms with van der Waals surface area (Å²) in [5.74, 6) is 0. The third kappa shape index (κ3) is 3.27. The minimum absolute atomic E-state index is 0.528. The van der Waals surface area contributed by atoms with Gasteiger partial charge in [-0.15, -0.1) is 6.58 Å². The molecule has 1 aromatic carbocycles. The standard InChI is InChI=1S/C24H29N3O/c1-5-6-18-13-17(2)14-20-21-15-26(4)12-9-22(21)27(23(18)20)16-24(3,28)19-7-10-25-11-8-19/h5,7-8,10-11,13-14,28H,1,6,9,12,15-16H2,2-4H3. The topological polar surface area (TPSA) is 41.3 Å². The fraction of sp³-hybridized carbons (Fsp3) is 0.375. The first-order valence-electron chi connectivity index (χ1n) is 9.96. The summed E-state index contributed by atoms with van der Waals surface area (Å²) < 4.78 is 2.37. The van der Waals surface area contributed by atoms with Crippen LogP contribution in [0.2, 0.25) is 0 Å². The average molecular weight is 376 g/mol. The van der Waals surface area contributed by atoms with E-state index < -0.39 is 5.60 Å². The average Bonchev–Trinajstić information content (AvgIpc) is 2.95. The van der Waals surface area contributed by atoms with Crippen LogP contribution >= 0.6 is 0 Å². The van der Waals surface area contributed by atoms with Gasteiger partial charge in [0.2, 0.25) is 0 Å². The Balaban J connectivity index is 1.93. The first kappa shape index (κ1) is 18.9. The summed E-state index contributed by atoms with van der Waals surface area (Å²) in [5.41, 5.74) is 6.50. The number of nitrogens with zero attached hydrogens (tertiary/aromatic N) is 3. The molecule has 0 saturated heterocycles. The number of rotatable bonds is 5. The summed E-state index contributed by atoms with van der Waals surface area (Å²) in [4.78, 5) is 6.48. The summed E-state index contributed by atoms with van der Waals surface area (Å²) in [7, 11) is 2.18. The number of hydrogen-bond acceptors (Lipinski definition) is 3. The normalized spacial score (nSPS) is 16.7. The molecule has 1 atom stereocenters. The molecular formula is C24H29N3O. The first-order valence-corrected chi connectivity index (χ1v) is 9.96. The van der Waals surface area contributed by atoms with Crippen LogP contribution in [0.5, 0.6) is 0 Å². The van der Waals surface area contributed by atoms with Crippen molar-refractivity contribution in [2.75, 3.05) is 13.6 Å². The predicted octanol–water partition coefficient (Wildman–Crippen LogP) is 3.97. The lowest BCUT2D eigenvalue weighted by molar-refractivity contribution is 0.0384. The molecule has 0 radical (unpaired) electrons. The molecule has 1 aliphatic rings. The fourth-order valence-electron chi connectivity index (χ4n) is 4.56. The van der Waals surface area contributed by atoms with Crippen LogP contribution < -0.4 is 0 Å². The Morgan fingerprint density at radius 1 is 1.29 bits per heavy atom. The molecule has 1 aliphatic heterocycles. The lowest BCUT2D eigenvalue weighted by Gasteiger charge is -2.29. The Morgan fingerprint density at radius 3 is 2.75 bits per heavy atom. The van der Waals surface area contributed by atoms with E-state index in [1.807, 2.05) is 25.1 Å². The zero-order valence-corrected chi connectivity index (χ0v) is 17.1. The van der Waals surface area contributed by atoms with Crippen molar-refractivity contribution in [3.05, 3.63) is 77.3 Å². The molecule has 0 amide bonds. The van der Waals surface area contributed by atoms with Crippen LogP contribution in [0.15, 0.2) is 49.3 Å². The van der Waals surface area contributed by atoms with Gasteiger partial charge in [0.25, 0.3) is 0 Å². The van der Waals surface area contributed by atoms with Gasteiger partial charge in [0.15, 0.2) is 0 Å². The van der Waals surface area contributed by atoms with E-state index in [1.165, 1.54) is 33.3 Å². The largest absolute Gasteiger partial charge is 0.384 e. The number of allylic oxidation sites excluding steroid dienone is 1. The van der Waals surface area contributed by atoms with Crippen molar-refractivity contribution in [2.24, 2.45) is 0 Å². The van der Waals surface area contributed by atoms with Crippen LogP contribution in [0.25, 0.3) is 10.9 Å². The van der Waals surface area contributed by atoms with Gasteiger partial charge < -0.3 is 14.6 Å². The smallest absolute Gasteiger partial charge is 0.105 e. The van der Waals surface area contributed by atoms with Gasteiger partial charge in [0.05, 0.1) is 12.1 Å². The van der Waals surface area contributed by atoms with E-state index in [0.717, 1.165) is 31.5 Å². The van der Waals surface area contributed by atoms with Crippen molar-refractivity contribution in [2.45, 2.75) is 45.4 Å². The summed E-state index contributed by atoms with van der Waals surface area (Å²) in [6.45, 7) is 10.5. The third-order valence-corrected chi connectivity index (χ3v) is 5.89. The Hall–Kier alpha value is -2.43. The highest BCUT2D eigenvalue weighted by atomic mass is 16.3. The molecule has 28 heavy (non-hydrogen) atoms. The van der Waals surface area contributed by atoms with Crippen molar-refractivity contribution < 1.29 is 5.11 Å². The van der Waals surface area contributed by atoms with Crippen LogP contribution in [0.3, 0.4) is 0 Å². The molecule has 0 saturated carbocycles.